The van der Waals surface area contributed by atoms with Gasteiger partial charge in [-0.25, -0.2) is 0 Å². The maximum Gasteiger partial charge on any atom is 0.254 e. The number of hydrogen-bond donors (Lipinski definition) is 1. The van der Waals surface area contributed by atoms with Crippen LogP contribution in [0.5, 0.6) is 5.75 Å². The van der Waals surface area contributed by atoms with Crippen molar-refractivity contribution in [3.05, 3.63) is 42.0 Å². The number of nitrogens with zero attached hydrogens (tertiary/aromatic N) is 1. The molecule has 3 rings (SSSR count). The Morgan fingerprint density at radius 3 is 2.79 bits per heavy atom. The van der Waals surface area contributed by atoms with Gasteiger partial charge in [-0.2, -0.15) is 0 Å². The van der Waals surface area contributed by atoms with Gasteiger partial charge in [-0.3, -0.25) is 4.79 Å². The fourth-order valence-electron chi connectivity index (χ4n) is 3.95. The van der Waals surface area contributed by atoms with E-state index in [4.69, 9.17) is 9.47 Å². The molecule has 1 saturated heterocycles. The average Bonchev–Trinajstić information content (AvgIpc) is 2.71. The van der Waals surface area contributed by atoms with E-state index in [1.165, 1.54) is 0 Å². The zero-order chi connectivity index (χ0) is 19.9. The summed E-state index contributed by atoms with van der Waals surface area (Å²) in [5.41, 5.74) is 0.694. The van der Waals surface area contributed by atoms with Crippen LogP contribution in [0.1, 0.15) is 43.5 Å². The molecule has 28 heavy (non-hydrogen) atoms. The maximum absolute atomic E-state index is 13.5. The summed E-state index contributed by atoms with van der Waals surface area (Å²) in [5, 5.41) is 5.49. The van der Waals surface area contributed by atoms with Crippen molar-refractivity contribution in [2.24, 2.45) is 0 Å². The van der Waals surface area contributed by atoms with Crippen LogP contribution in [0.2, 0.25) is 0 Å². The smallest absolute Gasteiger partial charge is 0.254 e. The fraction of sp³-hybridized carbons (Fsp3) is 0.522. The summed E-state index contributed by atoms with van der Waals surface area (Å²) >= 11 is 0. The molecule has 2 aromatic rings. The topological polar surface area (TPSA) is 50.8 Å². The van der Waals surface area contributed by atoms with Crippen molar-refractivity contribution in [3.63, 3.8) is 0 Å². The molecule has 0 aromatic heterocycles. The summed E-state index contributed by atoms with van der Waals surface area (Å²) in [7, 11) is 1.69. The fourth-order valence-corrected chi connectivity index (χ4v) is 3.95. The van der Waals surface area contributed by atoms with Crippen LogP contribution in [0.15, 0.2) is 36.4 Å². The van der Waals surface area contributed by atoms with Crippen molar-refractivity contribution < 1.29 is 14.3 Å². The van der Waals surface area contributed by atoms with Crippen LogP contribution in [0.4, 0.5) is 0 Å². The SMILES string of the molecule is COCCCOc1cc(C(=O)N(C(C)C)[C@@H]2CCCNC2)cc2ccccc12. The first kappa shape index (κ1) is 20.6. The highest BCUT2D eigenvalue weighted by molar-refractivity contribution is 6.01. The molecule has 1 N–H and O–H groups in total. The minimum absolute atomic E-state index is 0.0798. The molecule has 5 heteroatoms. The molecule has 1 amide bonds. The molecule has 0 aliphatic carbocycles. The summed E-state index contributed by atoms with van der Waals surface area (Å²) in [5.74, 6) is 0.847. The minimum atomic E-state index is 0.0798. The lowest BCUT2D eigenvalue weighted by atomic mass is 10.0. The standard InChI is InChI=1S/C23H32N2O3/c1-17(2)25(20-9-6-11-24-16-20)23(26)19-14-18-8-4-5-10-21(18)22(15-19)28-13-7-12-27-3/h4-5,8,10,14-15,17,20,24H,6-7,9,11-13,16H2,1-3H3/t20-/m1/s1. The Labute approximate surface area is 168 Å². The second-order valence-electron chi connectivity index (χ2n) is 7.70. The third kappa shape index (κ3) is 4.83. The van der Waals surface area contributed by atoms with Crippen LogP contribution in [-0.4, -0.2) is 56.3 Å². The molecule has 1 aliphatic rings. The van der Waals surface area contributed by atoms with Crippen LogP contribution in [0, 0.1) is 0 Å². The Kier molecular flexibility index (Phi) is 7.29. The summed E-state index contributed by atoms with van der Waals surface area (Å²) in [6.45, 7) is 7.30. The van der Waals surface area contributed by atoms with E-state index >= 15 is 0 Å². The van der Waals surface area contributed by atoms with Crippen LogP contribution >= 0.6 is 0 Å². The van der Waals surface area contributed by atoms with E-state index in [0.29, 0.717) is 18.8 Å². The van der Waals surface area contributed by atoms with E-state index in [0.717, 1.165) is 48.9 Å². The van der Waals surface area contributed by atoms with Gasteiger partial charge < -0.3 is 19.7 Å². The highest BCUT2D eigenvalue weighted by Gasteiger charge is 2.28. The number of hydrogen-bond acceptors (Lipinski definition) is 4. The molecule has 1 aliphatic heterocycles. The van der Waals surface area contributed by atoms with Gasteiger partial charge in [-0.05, 0) is 50.8 Å². The minimum Gasteiger partial charge on any atom is -0.493 e. The first-order chi connectivity index (χ1) is 13.6. The van der Waals surface area contributed by atoms with Crippen LogP contribution in [-0.2, 0) is 4.74 Å². The summed E-state index contributed by atoms with van der Waals surface area (Å²) in [4.78, 5) is 15.5. The number of nitrogens with one attached hydrogen (secondary N) is 1. The van der Waals surface area contributed by atoms with Gasteiger partial charge in [-0.15, -0.1) is 0 Å². The Morgan fingerprint density at radius 1 is 1.25 bits per heavy atom. The van der Waals surface area contributed by atoms with Crippen molar-refractivity contribution in [1.82, 2.24) is 10.2 Å². The Balaban J connectivity index is 1.90. The van der Waals surface area contributed by atoms with Gasteiger partial charge in [0.1, 0.15) is 5.75 Å². The van der Waals surface area contributed by atoms with E-state index in [9.17, 15) is 4.79 Å². The Bertz CT molecular complexity index is 785. The number of amides is 1. The molecule has 0 radical (unpaired) electrons. The molecule has 0 bridgehead atoms. The van der Waals surface area contributed by atoms with Crippen LogP contribution in [0.25, 0.3) is 10.8 Å². The van der Waals surface area contributed by atoms with Crippen molar-refractivity contribution in [3.8, 4) is 5.75 Å². The lowest BCUT2D eigenvalue weighted by Crippen LogP contribution is -2.51. The molecule has 1 atom stereocenters. The molecule has 5 nitrogen and oxygen atoms in total. The molecular weight excluding hydrogens is 352 g/mol. The van der Waals surface area contributed by atoms with Crippen LogP contribution in [0.3, 0.4) is 0 Å². The normalized spacial score (nSPS) is 17.1. The highest BCUT2D eigenvalue weighted by Crippen LogP contribution is 2.29. The molecule has 2 aromatic carbocycles. The second kappa shape index (κ2) is 9.89. The first-order valence-electron chi connectivity index (χ1n) is 10.3. The summed E-state index contributed by atoms with van der Waals surface area (Å²) < 4.78 is 11.1. The number of carbonyl (C=O) groups excluding carboxylic acids is 1. The predicted octanol–water partition coefficient (Wildman–Crippen LogP) is 3.86. The maximum atomic E-state index is 13.5. The molecular formula is C23H32N2O3. The summed E-state index contributed by atoms with van der Waals surface area (Å²) in [6, 6.07) is 12.4. The number of piperidine rings is 1. The van der Waals surface area contributed by atoms with E-state index in [1.807, 2.05) is 41.3 Å². The second-order valence-corrected chi connectivity index (χ2v) is 7.70. The number of rotatable bonds is 8. The predicted molar refractivity (Wildman–Crippen MR) is 113 cm³/mol. The Morgan fingerprint density at radius 2 is 2.07 bits per heavy atom. The highest BCUT2D eigenvalue weighted by atomic mass is 16.5. The average molecular weight is 385 g/mol. The molecule has 152 valence electrons. The molecule has 1 heterocycles. The first-order valence-corrected chi connectivity index (χ1v) is 10.3. The van der Waals surface area contributed by atoms with E-state index in [-0.39, 0.29) is 18.0 Å². The number of methoxy groups -OCH3 is 1. The van der Waals surface area contributed by atoms with Crippen molar-refractivity contribution in [2.45, 2.75) is 45.2 Å². The van der Waals surface area contributed by atoms with Crippen molar-refractivity contribution >= 4 is 16.7 Å². The molecule has 0 spiro atoms. The van der Waals surface area contributed by atoms with Crippen LogP contribution < -0.4 is 10.1 Å². The monoisotopic (exact) mass is 384 g/mol. The zero-order valence-electron chi connectivity index (χ0n) is 17.2. The largest absolute Gasteiger partial charge is 0.493 e. The number of ether oxygens (including phenoxy) is 2. The quantitative estimate of drug-likeness (QED) is 0.702. The van der Waals surface area contributed by atoms with Crippen molar-refractivity contribution in [1.29, 1.82) is 0 Å². The third-order valence-corrected chi connectivity index (χ3v) is 5.28. The van der Waals surface area contributed by atoms with Gasteiger partial charge in [-0.1, -0.05) is 24.3 Å². The Hall–Kier alpha value is -2.11. The lowest BCUT2D eigenvalue weighted by molar-refractivity contribution is 0.0573. The van der Waals surface area contributed by atoms with Gasteiger partial charge in [0, 0.05) is 49.7 Å². The van der Waals surface area contributed by atoms with E-state index in [1.54, 1.807) is 7.11 Å². The molecule has 0 unspecified atom stereocenters. The van der Waals surface area contributed by atoms with Crippen molar-refractivity contribution in [2.75, 3.05) is 33.4 Å². The van der Waals surface area contributed by atoms with Gasteiger partial charge in [0.15, 0.2) is 0 Å². The van der Waals surface area contributed by atoms with Gasteiger partial charge in [0.2, 0.25) is 0 Å². The zero-order valence-corrected chi connectivity index (χ0v) is 17.2. The van der Waals surface area contributed by atoms with Gasteiger partial charge >= 0.3 is 0 Å². The van der Waals surface area contributed by atoms with Gasteiger partial charge in [0.25, 0.3) is 5.91 Å². The number of fused-ring (bicyclic) bond motifs is 1. The van der Waals surface area contributed by atoms with E-state index < -0.39 is 0 Å². The van der Waals surface area contributed by atoms with Gasteiger partial charge in [0.05, 0.1) is 6.61 Å². The molecule has 1 fully saturated rings. The molecule has 0 saturated carbocycles. The number of carbonyl (C=O) groups is 1. The third-order valence-electron chi connectivity index (χ3n) is 5.28. The summed E-state index contributed by atoms with van der Waals surface area (Å²) in [6.07, 6.45) is 2.96. The lowest BCUT2D eigenvalue weighted by Gasteiger charge is -2.37. The number of benzene rings is 2. The van der Waals surface area contributed by atoms with E-state index in [2.05, 4.69) is 19.2 Å².